The van der Waals surface area contributed by atoms with Crippen LogP contribution >= 0.6 is 0 Å². The van der Waals surface area contributed by atoms with E-state index in [9.17, 15) is 4.79 Å². The summed E-state index contributed by atoms with van der Waals surface area (Å²) in [6.45, 7) is 10.7. The lowest BCUT2D eigenvalue weighted by atomic mass is 9.61. The number of carbonyl (C=O) groups is 1. The Labute approximate surface area is 131 Å². The quantitative estimate of drug-likeness (QED) is 0.563. The Kier molecular flexibility index (Phi) is 7.19. The molecule has 0 amide bonds. The molecule has 0 heterocycles. The first kappa shape index (κ1) is 18.5. The van der Waals surface area contributed by atoms with E-state index in [4.69, 9.17) is 10.5 Å². The maximum absolute atomic E-state index is 12.5. The number of hydrogen-bond donors (Lipinski definition) is 1. The van der Waals surface area contributed by atoms with Crippen LogP contribution in [0.3, 0.4) is 0 Å². The van der Waals surface area contributed by atoms with Crippen molar-refractivity contribution < 1.29 is 9.53 Å². The Morgan fingerprint density at radius 2 is 1.95 bits per heavy atom. The van der Waals surface area contributed by atoms with Gasteiger partial charge in [0.2, 0.25) is 0 Å². The molecule has 4 atom stereocenters. The number of nitrogens with two attached hydrogens (primary N) is 1. The van der Waals surface area contributed by atoms with E-state index in [1.165, 1.54) is 19.3 Å². The minimum absolute atomic E-state index is 0.00890. The highest BCUT2D eigenvalue weighted by Crippen LogP contribution is 2.45. The van der Waals surface area contributed by atoms with Gasteiger partial charge in [0.25, 0.3) is 0 Å². The molecule has 21 heavy (non-hydrogen) atoms. The molecule has 0 saturated heterocycles. The molecule has 0 spiro atoms. The molecule has 1 fully saturated rings. The van der Waals surface area contributed by atoms with Crippen LogP contribution in [0.2, 0.25) is 0 Å². The van der Waals surface area contributed by atoms with E-state index in [0.29, 0.717) is 5.92 Å². The standard InChI is InChI=1S/C18H35NO2/c1-6-7-8-9-10-13(2)21-17(20)15-11-12-16(19)14(3)18(15,4)5/h13-16H,6-12,19H2,1-5H3. The molecule has 0 aromatic heterocycles. The van der Waals surface area contributed by atoms with Crippen molar-refractivity contribution in [1.82, 2.24) is 0 Å². The summed E-state index contributed by atoms with van der Waals surface area (Å²) in [6.07, 6.45) is 7.70. The Bertz CT molecular complexity index is 327. The number of carbonyl (C=O) groups excluding carboxylic acids is 1. The van der Waals surface area contributed by atoms with Crippen LogP contribution in [0.25, 0.3) is 0 Å². The highest BCUT2D eigenvalue weighted by atomic mass is 16.5. The van der Waals surface area contributed by atoms with Gasteiger partial charge in [-0.1, -0.05) is 47.0 Å². The van der Waals surface area contributed by atoms with Gasteiger partial charge in [-0.3, -0.25) is 4.79 Å². The summed E-state index contributed by atoms with van der Waals surface area (Å²) < 4.78 is 5.71. The van der Waals surface area contributed by atoms with Gasteiger partial charge in [0.1, 0.15) is 0 Å². The predicted molar refractivity (Wildman–Crippen MR) is 88.0 cm³/mol. The van der Waals surface area contributed by atoms with Gasteiger partial charge in [0.15, 0.2) is 0 Å². The fourth-order valence-electron chi connectivity index (χ4n) is 3.47. The van der Waals surface area contributed by atoms with Crippen molar-refractivity contribution in [2.45, 2.75) is 91.7 Å². The monoisotopic (exact) mass is 297 g/mol. The van der Waals surface area contributed by atoms with E-state index in [1.807, 2.05) is 6.92 Å². The third kappa shape index (κ3) is 4.98. The molecule has 1 aliphatic carbocycles. The van der Waals surface area contributed by atoms with Gasteiger partial charge in [-0.15, -0.1) is 0 Å². The molecule has 0 aromatic carbocycles. The van der Waals surface area contributed by atoms with Gasteiger partial charge in [-0.2, -0.15) is 0 Å². The second kappa shape index (κ2) is 8.17. The molecule has 3 nitrogen and oxygen atoms in total. The van der Waals surface area contributed by atoms with Crippen molar-refractivity contribution in [2.24, 2.45) is 23.0 Å². The third-order valence-corrected chi connectivity index (χ3v) is 5.57. The summed E-state index contributed by atoms with van der Waals surface area (Å²) in [5.41, 5.74) is 6.09. The summed E-state index contributed by atoms with van der Waals surface area (Å²) in [7, 11) is 0. The molecule has 4 unspecified atom stereocenters. The first-order valence-electron chi connectivity index (χ1n) is 8.76. The molecular weight excluding hydrogens is 262 g/mol. The third-order valence-electron chi connectivity index (χ3n) is 5.57. The molecule has 124 valence electrons. The van der Waals surface area contributed by atoms with Gasteiger partial charge in [0, 0.05) is 6.04 Å². The maximum Gasteiger partial charge on any atom is 0.309 e. The first-order chi connectivity index (χ1) is 9.80. The summed E-state index contributed by atoms with van der Waals surface area (Å²) in [5.74, 6) is 0.329. The Hall–Kier alpha value is -0.570. The minimum atomic E-state index is -0.0727. The van der Waals surface area contributed by atoms with Gasteiger partial charge in [0.05, 0.1) is 12.0 Å². The Balaban J connectivity index is 2.47. The summed E-state index contributed by atoms with van der Waals surface area (Å²) in [6, 6.07) is 0.204. The fourth-order valence-corrected chi connectivity index (χ4v) is 3.47. The molecule has 2 N–H and O–H groups in total. The smallest absolute Gasteiger partial charge is 0.309 e. The minimum Gasteiger partial charge on any atom is -0.462 e. The fraction of sp³-hybridized carbons (Fsp3) is 0.944. The van der Waals surface area contributed by atoms with Crippen molar-refractivity contribution in [2.75, 3.05) is 0 Å². The first-order valence-corrected chi connectivity index (χ1v) is 8.76. The SMILES string of the molecule is CCCCCCC(C)OC(=O)C1CCC(N)C(C)C1(C)C. The lowest BCUT2D eigenvalue weighted by Gasteiger charge is -2.45. The van der Waals surface area contributed by atoms with E-state index in [-0.39, 0.29) is 29.4 Å². The number of ether oxygens (including phenoxy) is 1. The highest BCUT2D eigenvalue weighted by molar-refractivity contribution is 5.73. The molecule has 1 aliphatic rings. The Morgan fingerprint density at radius 3 is 2.57 bits per heavy atom. The van der Waals surface area contributed by atoms with E-state index in [2.05, 4.69) is 27.7 Å². The average Bonchev–Trinajstić information content (AvgIpc) is 2.41. The van der Waals surface area contributed by atoms with Gasteiger partial charge in [-0.25, -0.2) is 0 Å². The van der Waals surface area contributed by atoms with Crippen molar-refractivity contribution >= 4 is 5.97 Å². The van der Waals surface area contributed by atoms with Crippen LogP contribution in [0.4, 0.5) is 0 Å². The average molecular weight is 297 g/mol. The number of esters is 1. The lowest BCUT2D eigenvalue weighted by Crippen LogP contribution is -2.49. The zero-order valence-corrected chi connectivity index (χ0v) is 14.7. The van der Waals surface area contributed by atoms with Crippen LogP contribution in [-0.2, 0) is 9.53 Å². The molecule has 0 radical (unpaired) electrons. The van der Waals surface area contributed by atoms with Crippen molar-refractivity contribution in [3.05, 3.63) is 0 Å². The molecular formula is C18H35NO2. The zero-order valence-electron chi connectivity index (χ0n) is 14.7. The van der Waals surface area contributed by atoms with Gasteiger partial charge in [-0.05, 0) is 43.9 Å². The number of hydrogen-bond acceptors (Lipinski definition) is 3. The van der Waals surface area contributed by atoms with Crippen molar-refractivity contribution in [3.8, 4) is 0 Å². The summed E-state index contributed by atoms with van der Waals surface area (Å²) >= 11 is 0. The topological polar surface area (TPSA) is 52.3 Å². The normalized spacial score (nSPS) is 29.9. The van der Waals surface area contributed by atoms with Crippen molar-refractivity contribution in [3.63, 3.8) is 0 Å². The predicted octanol–water partition coefficient (Wildman–Crippen LogP) is 4.29. The van der Waals surface area contributed by atoms with Crippen LogP contribution in [-0.4, -0.2) is 18.1 Å². The lowest BCUT2D eigenvalue weighted by molar-refractivity contribution is -0.162. The van der Waals surface area contributed by atoms with E-state index in [1.54, 1.807) is 0 Å². The van der Waals surface area contributed by atoms with Crippen LogP contribution in [0.5, 0.6) is 0 Å². The molecule has 0 aromatic rings. The second-order valence-corrected chi connectivity index (χ2v) is 7.50. The molecule has 1 saturated carbocycles. The summed E-state index contributed by atoms with van der Waals surface area (Å²) in [5, 5.41) is 0. The molecule has 3 heteroatoms. The van der Waals surface area contributed by atoms with Gasteiger partial charge < -0.3 is 10.5 Å². The van der Waals surface area contributed by atoms with Crippen LogP contribution in [0, 0.1) is 17.3 Å². The van der Waals surface area contributed by atoms with Crippen LogP contribution in [0.1, 0.15) is 79.6 Å². The van der Waals surface area contributed by atoms with E-state index < -0.39 is 0 Å². The van der Waals surface area contributed by atoms with Crippen molar-refractivity contribution in [1.29, 1.82) is 0 Å². The maximum atomic E-state index is 12.5. The van der Waals surface area contributed by atoms with Crippen LogP contribution in [0.15, 0.2) is 0 Å². The molecule has 1 rings (SSSR count). The molecule has 0 aliphatic heterocycles. The number of unbranched alkanes of at least 4 members (excludes halogenated alkanes) is 3. The van der Waals surface area contributed by atoms with E-state index >= 15 is 0 Å². The molecule has 0 bridgehead atoms. The second-order valence-electron chi connectivity index (χ2n) is 7.50. The Morgan fingerprint density at radius 1 is 1.29 bits per heavy atom. The van der Waals surface area contributed by atoms with Crippen LogP contribution < -0.4 is 5.73 Å². The number of rotatable bonds is 7. The van der Waals surface area contributed by atoms with E-state index in [0.717, 1.165) is 25.7 Å². The zero-order chi connectivity index (χ0) is 16.0. The highest BCUT2D eigenvalue weighted by Gasteiger charge is 2.46. The summed E-state index contributed by atoms with van der Waals surface area (Å²) in [4.78, 5) is 12.5. The van der Waals surface area contributed by atoms with Gasteiger partial charge >= 0.3 is 5.97 Å². The largest absolute Gasteiger partial charge is 0.462 e.